The predicted molar refractivity (Wildman–Crippen MR) is 87.4 cm³/mol. The van der Waals surface area contributed by atoms with E-state index in [1.165, 1.54) is 6.07 Å². The third kappa shape index (κ3) is 4.28. The molecule has 2 fully saturated rings. The summed E-state index contributed by atoms with van der Waals surface area (Å²) in [5.74, 6) is -1.16. The second kappa shape index (κ2) is 7.17. The quantitative estimate of drug-likeness (QED) is 0.850. The first-order valence-corrected chi connectivity index (χ1v) is 8.71. The smallest absolute Gasteiger partial charge is 0.416 e. The lowest BCUT2D eigenvalue weighted by molar-refractivity contribution is -0.143. The fraction of sp³-hybridized carbons (Fsp3) is 0.556. The van der Waals surface area contributed by atoms with Crippen LogP contribution in [0.4, 0.5) is 18.0 Å². The molecule has 1 saturated carbocycles. The first-order valence-electron chi connectivity index (χ1n) is 8.71. The Kier molecular flexibility index (Phi) is 5.11. The van der Waals surface area contributed by atoms with Crippen molar-refractivity contribution in [3.05, 3.63) is 35.4 Å². The molecule has 3 rings (SSSR count). The molecular formula is C18H21F3N2O3. The summed E-state index contributed by atoms with van der Waals surface area (Å²) < 4.78 is 38.9. The van der Waals surface area contributed by atoms with E-state index in [0.29, 0.717) is 31.5 Å². The fourth-order valence-corrected chi connectivity index (χ4v) is 3.37. The molecule has 0 bridgehead atoms. The number of amides is 2. The van der Waals surface area contributed by atoms with E-state index in [0.717, 1.165) is 25.0 Å². The maximum atomic E-state index is 13.0. The van der Waals surface area contributed by atoms with Crippen LogP contribution in [0.2, 0.25) is 0 Å². The molecule has 1 saturated heterocycles. The van der Waals surface area contributed by atoms with Crippen molar-refractivity contribution in [3.63, 3.8) is 0 Å². The van der Waals surface area contributed by atoms with Crippen molar-refractivity contribution < 1.29 is 27.9 Å². The molecule has 1 unspecified atom stereocenters. The van der Waals surface area contributed by atoms with Crippen LogP contribution < -0.4 is 5.32 Å². The van der Waals surface area contributed by atoms with Gasteiger partial charge in [0.2, 0.25) is 0 Å². The van der Waals surface area contributed by atoms with Gasteiger partial charge in [0.25, 0.3) is 0 Å². The number of benzene rings is 1. The summed E-state index contributed by atoms with van der Waals surface area (Å²) in [4.78, 5) is 25.1. The van der Waals surface area contributed by atoms with E-state index in [-0.39, 0.29) is 11.9 Å². The number of piperidine rings is 1. The number of nitrogens with zero attached hydrogens (tertiary/aromatic N) is 1. The van der Waals surface area contributed by atoms with E-state index in [1.807, 2.05) is 0 Å². The molecule has 2 amide bonds. The van der Waals surface area contributed by atoms with Crippen LogP contribution in [0.1, 0.15) is 42.9 Å². The maximum absolute atomic E-state index is 13.0. The lowest BCUT2D eigenvalue weighted by Crippen LogP contribution is -2.46. The van der Waals surface area contributed by atoms with Gasteiger partial charge in [-0.15, -0.1) is 0 Å². The van der Waals surface area contributed by atoms with Gasteiger partial charge in [0.1, 0.15) is 0 Å². The summed E-state index contributed by atoms with van der Waals surface area (Å²) in [6, 6.07) is 4.28. The van der Waals surface area contributed by atoms with Gasteiger partial charge in [0.15, 0.2) is 0 Å². The largest absolute Gasteiger partial charge is 0.481 e. The number of rotatable bonds is 4. The third-order valence-corrected chi connectivity index (χ3v) is 5.08. The summed E-state index contributed by atoms with van der Waals surface area (Å²) in [5, 5.41) is 11.9. The molecule has 1 aliphatic heterocycles. The van der Waals surface area contributed by atoms with Gasteiger partial charge in [0.05, 0.1) is 17.5 Å². The molecule has 0 radical (unpaired) electrons. The van der Waals surface area contributed by atoms with Gasteiger partial charge >= 0.3 is 18.2 Å². The number of hydrogen-bond donors (Lipinski definition) is 2. The lowest BCUT2D eigenvalue weighted by Gasteiger charge is -2.32. The minimum Gasteiger partial charge on any atom is -0.481 e. The molecule has 0 spiro atoms. The van der Waals surface area contributed by atoms with E-state index in [1.54, 1.807) is 11.0 Å². The van der Waals surface area contributed by atoms with Crippen LogP contribution in [0, 0.1) is 11.8 Å². The highest BCUT2D eigenvalue weighted by Crippen LogP contribution is 2.42. The Morgan fingerprint density at radius 2 is 1.81 bits per heavy atom. The number of carboxylic acids is 1. The van der Waals surface area contributed by atoms with Gasteiger partial charge < -0.3 is 15.3 Å². The Morgan fingerprint density at radius 3 is 2.35 bits per heavy atom. The summed E-state index contributed by atoms with van der Waals surface area (Å²) >= 11 is 0. The van der Waals surface area contributed by atoms with Crippen LogP contribution in [-0.4, -0.2) is 35.1 Å². The van der Waals surface area contributed by atoms with Crippen molar-refractivity contribution in [3.8, 4) is 0 Å². The van der Waals surface area contributed by atoms with Gasteiger partial charge in [-0.3, -0.25) is 4.79 Å². The predicted octanol–water partition coefficient (Wildman–Crippen LogP) is 3.66. The van der Waals surface area contributed by atoms with Crippen molar-refractivity contribution in [1.82, 2.24) is 10.2 Å². The fourth-order valence-electron chi connectivity index (χ4n) is 3.37. The average Bonchev–Trinajstić information content (AvgIpc) is 3.44. The van der Waals surface area contributed by atoms with Crippen molar-refractivity contribution >= 4 is 12.0 Å². The number of urea groups is 1. The van der Waals surface area contributed by atoms with Gasteiger partial charge in [-0.1, -0.05) is 12.1 Å². The summed E-state index contributed by atoms with van der Waals surface area (Å²) in [5.41, 5.74) is -0.270. The van der Waals surface area contributed by atoms with Gasteiger partial charge in [-0.2, -0.15) is 13.2 Å². The monoisotopic (exact) mass is 370 g/mol. The van der Waals surface area contributed by atoms with Crippen molar-refractivity contribution in [2.45, 2.75) is 37.9 Å². The molecule has 142 valence electrons. The van der Waals surface area contributed by atoms with E-state index < -0.39 is 29.7 Å². The molecule has 1 aromatic rings. The number of carbonyl (C=O) groups excluding carboxylic acids is 1. The van der Waals surface area contributed by atoms with E-state index in [9.17, 15) is 22.8 Å². The number of likely N-dealkylation sites (tertiary alicyclic amines) is 1. The van der Waals surface area contributed by atoms with Crippen LogP contribution in [0.3, 0.4) is 0 Å². The van der Waals surface area contributed by atoms with Crippen molar-refractivity contribution in [2.24, 2.45) is 11.8 Å². The number of aliphatic carboxylic acids is 1. The molecule has 1 atom stereocenters. The molecule has 1 aromatic carbocycles. The van der Waals surface area contributed by atoms with E-state index in [4.69, 9.17) is 5.11 Å². The number of carboxylic acid groups (broad SMARTS) is 1. The van der Waals surface area contributed by atoms with Crippen molar-refractivity contribution in [1.29, 1.82) is 0 Å². The van der Waals surface area contributed by atoms with Crippen molar-refractivity contribution in [2.75, 3.05) is 13.1 Å². The number of hydrogen-bond acceptors (Lipinski definition) is 2. The maximum Gasteiger partial charge on any atom is 0.416 e. The Morgan fingerprint density at radius 1 is 1.15 bits per heavy atom. The number of alkyl halides is 3. The zero-order valence-corrected chi connectivity index (χ0v) is 14.1. The number of carbonyl (C=O) groups is 2. The highest BCUT2D eigenvalue weighted by atomic mass is 19.4. The molecular weight excluding hydrogens is 349 g/mol. The minimum absolute atomic E-state index is 0.138. The first-order chi connectivity index (χ1) is 12.3. The SMILES string of the molecule is O=C(O)C1CCN(C(=O)NC(c2cccc(C(F)(F)F)c2)C2CC2)CC1. The Labute approximate surface area is 149 Å². The molecule has 8 heteroatoms. The minimum atomic E-state index is -4.42. The molecule has 26 heavy (non-hydrogen) atoms. The summed E-state index contributed by atoms with van der Waals surface area (Å²) in [6.45, 7) is 0.672. The lowest BCUT2D eigenvalue weighted by atomic mass is 9.97. The Hall–Kier alpha value is -2.25. The Bertz CT molecular complexity index is 681. The normalized spacial score (nSPS) is 19.9. The van der Waals surface area contributed by atoms with Crippen LogP contribution in [0.5, 0.6) is 0 Å². The van der Waals surface area contributed by atoms with Crippen LogP contribution in [-0.2, 0) is 11.0 Å². The van der Waals surface area contributed by atoms with Crippen LogP contribution in [0.15, 0.2) is 24.3 Å². The van der Waals surface area contributed by atoms with E-state index in [2.05, 4.69) is 5.32 Å². The molecule has 5 nitrogen and oxygen atoms in total. The Balaban J connectivity index is 1.68. The number of nitrogens with one attached hydrogen (secondary N) is 1. The standard InChI is InChI=1S/C18H21F3N2O3/c19-18(20,21)14-3-1-2-13(10-14)15(11-4-5-11)22-17(26)23-8-6-12(7-9-23)16(24)25/h1-3,10-12,15H,4-9H2,(H,22,26)(H,24,25). The van der Waals surface area contributed by atoms with Gasteiger partial charge in [0, 0.05) is 13.1 Å². The molecule has 2 N–H and O–H groups in total. The molecule has 2 aliphatic rings. The third-order valence-electron chi connectivity index (χ3n) is 5.08. The first kappa shape index (κ1) is 18.5. The summed E-state index contributed by atoms with van der Waals surface area (Å²) in [7, 11) is 0. The zero-order valence-electron chi connectivity index (χ0n) is 14.1. The van der Waals surface area contributed by atoms with Gasteiger partial charge in [-0.05, 0) is 49.3 Å². The molecule has 1 heterocycles. The van der Waals surface area contributed by atoms with E-state index >= 15 is 0 Å². The second-order valence-electron chi connectivity index (χ2n) is 6.99. The van der Waals surface area contributed by atoms with Gasteiger partial charge in [-0.25, -0.2) is 4.79 Å². The molecule has 0 aromatic heterocycles. The topological polar surface area (TPSA) is 69.6 Å². The highest BCUT2D eigenvalue weighted by Gasteiger charge is 2.37. The summed E-state index contributed by atoms with van der Waals surface area (Å²) in [6.07, 6.45) is -1.92. The molecule has 1 aliphatic carbocycles. The zero-order chi connectivity index (χ0) is 18.9. The van der Waals surface area contributed by atoms with Crippen LogP contribution >= 0.6 is 0 Å². The second-order valence-corrected chi connectivity index (χ2v) is 6.99. The van der Waals surface area contributed by atoms with Crippen LogP contribution in [0.25, 0.3) is 0 Å². The average molecular weight is 370 g/mol. The highest BCUT2D eigenvalue weighted by molar-refractivity contribution is 5.76. The number of halogens is 3.